The van der Waals surface area contributed by atoms with E-state index in [-0.39, 0.29) is 11.7 Å². The average Bonchev–Trinajstić information content (AvgIpc) is 2.71. The van der Waals surface area contributed by atoms with Crippen LogP contribution in [0.1, 0.15) is 22.8 Å². The molecule has 0 aliphatic heterocycles. The van der Waals surface area contributed by atoms with E-state index in [4.69, 9.17) is 9.47 Å². The molecule has 0 fully saturated rings. The fourth-order valence-corrected chi connectivity index (χ4v) is 2.55. The molecule has 0 radical (unpaired) electrons. The minimum absolute atomic E-state index is 0.213. The largest absolute Gasteiger partial charge is 0.462 e. The van der Waals surface area contributed by atoms with Crippen molar-refractivity contribution in [2.24, 2.45) is 0 Å². The van der Waals surface area contributed by atoms with Gasteiger partial charge < -0.3 is 14.8 Å². The highest BCUT2D eigenvalue weighted by Gasteiger charge is 2.09. The van der Waals surface area contributed by atoms with Crippen molar-refractivity contribution in [3.63, 3.8) is 0 Å². The first-order chi connectivity index (χ1) is 13.6. The molecule has 0 bridgehead atoms. The fraction of sp³-hybridized carbons (Fsp3) is 0.136. The number of ether oxygens (including phenoxy) is 2. The summed E-state index contributed by atoms with van der Waals surface area (Å²) in [4.78, 5) is 11.7. The molecule has 0 aliphatic rings. The second-order valence-corrected chi connectivity index (χ2v) is 5.94. The molecule has 0 amide bonds. The fourth-order valence-electron chi connectivity index (χ4n) is 2.55. The number of rotatable bonds is 7. The molecule has 28 heavy (non-hydrogen) atoms. The molecule has 3 aromatic rings. The van der Waals surface area contributed by atoms with Crippen molar-refractivity contribution in [2.45, 2.75) is 13.5 Å². The van der Waals surface area contributed by atoms with Crippen LogP contribution in [0.4, 0.5) is 14.5 Å². The number of benzene rings is 3. The van der Waals surface area contributed by atoms with Crippen LogP contribution in [0.2, 0.25) is 0 Å². The van der Waals surface area contributed by atoms with Gasteiger partial charge in [-0.2, -0.15) is 0 Å². The summed E-state index contributed by atoms with van der Waals surface area (Å²) in [5.41, 5.74) is 2.13. The third-order valence-electron chi connectivity index (χ3n) is 3.97. The number of carbonyl (C=O) groups is 1. The van der Waals surface area contributed by atoms with Crippen molar-refractivity contribution in [3.8, 4) is 11.5 Å². The highest BCUT2D eigenvalue weighted by atomic mass is 19.2. The molecular formula is C22H19F2NO3. The number of hydrogen-bond donors (Lipinski definition) is 1. The molecule has 3 aromatic carbocycles. The molecule has 0 aromatic heterocycles. The molecule has 6 heteroatoms. The smallest absolute Gasteiger partial charge is 0.338 e. The quantitative estimate of drug-likeness (QED) is 0.544. The van der Waals surface area contributed by atoms with Crippen LogP contribution in [0.25, 0.3) is 0 Å². The Hall–Kier alpha value is -3.41. The van der Waals surface area contributed by atoms with Gasteiger partial charge in [-0.25, -0.2) is 13.6 Å². The van der Waals surface area contributed by atoms with Crippen molar-refractivity contribution in [1.82, 2.24) is 0 Å². The summed E-state index contributed by atoms with van der Waals surface area (Å²) >= 11 is 0. The molecule has 0 heterocycles. The zero-order valence-corrected chi connectivity index (χ0v) is 15.2. The Balaban J connectivity index is 1.68. The van der Waals surface area contributed by atoms with Crippen LogP contribution in [0.5, 0.6) is 11.5 Å². The second-order valence-electron chi connectivity index (χ2n) is 5.94. The van der Waals surface area contributed by atoms with Gasteiger partial charge in [-0.15, -0.1) is 0 Å². The third kappa shape index (κ3) is 4.85. The van der Waals surface area contributed by atoms with E-state index in [0.717, 1.165) is 23.4 Å². The lowest BCUT2D eigenvalue weighted by Gasteiger charge is -2.13. The van der Waals surface area contributed by atoms with E-state index in [1.165, 1.54) is 6.07 Å². The Morgan fingerprint density at radius 1 is 0.964 bits per heavy atom. The summed E-state index contributed by atoms with van der Waals surface area (Å²) in [6.07, 6.45) is 0. The summed E-state index contributed by atoms with van der Waals surface area (Å²) in [6, 6.07) is 17.6. The molecule has 144 valence electrons. The van der Waals surface area contributed by atoms with Crippen molar-refractivity contribution in [3.05, 3.63) is 89.5 Å². The highest BCUT2D eigenvalue weighted by molar-refractivity contribution is 5.89. The number of esters is 1. The highest BCUT2D eigenvalue weighted by Crippen LogP contribution is 2.27. The van der Waals surface area contributed by atoms with Crippen molar-refractivity contribution < 1.29 is 23.0 Å². The van der Waals surface area contributed by atoms with Crippen molar-refractivity contribution in [1.29, 1.82) is 0 Å². The van der Waals surface area contributed by atoms with Gasteiger partial charge in [0.25, 0.3) is 0 Å². The van der Waals surface area contributed by atoms with E-state index in [1.807, 2.05) is 12.1 Å². The maximum absolute atomic E-state index is 13.4. The molecule has 4 nitrogen and oxygen atoms in total. The summed E-state index contributed by atoms with van der Waals surface area (Å²) < 4.78 is 37.1. The summed E-state index contributed by atoms with van der Waals surface area (Å²) in [6.45, 7) is 2.53. The summed E-state index contributed by atoms with van der Waals surface area (Å²) in [5, 5.41) is 3.24. The van der Waals surface area contributed by atoms with Gasteiger partial charge in [0.2, 0.25) is 0 Å². The van der Waals surface area contributed by atoms with Gasteiger partial charge in [-0.05, 0) is 49.4 Å². The minimum Gasteiger partial charge on any atom is -0.462 e. The molecule has 0 saturated carbocycles. The molecule has 1 N–H and O–H groups in total. The third-order valence-corrected chi connectivity index (χ3v) is 3.97. The zero-order valence-electron chi connectivity index (χ0n) is 15.2. The summed E-state index contributed by atoms with van der Waals surface area (Å²) in [7, 11) is 0. The lowest BCUT2D eigenvalue weighted by molar-refractivity contribution is 0.0526. The molecule has 0 unspecified atom stereocenters. The molecule has 0 saturated heterocycles. The number of nitrogens with one attached hydrogen (secondary N) is 1. The van der Waals surface area contributed by atoms with E-state index >= 15 is 0 Å². The van der Waals surface area contributed by atoms with Crippen molar-refractivity contribution in [2.75, 3.05) is 11.9 Å². The Morgan fingerprint density at radius 3 is 2.43 bits per heavy atom. The Labute approximate surface area is 161 Å². The van der Waals surface area contributed by atoms with Gasteiger partial charge in [0.05, 0.1) is 12.2 Å². The van der Waals surface area contributed by atoms with Gasteiger partial charge in [0, 0.05) is 23.9 Å². The number of hydrogen-bond acceptors (Lipinski definition) is 4. The van der Waals surface area contributed by atoms with E-state index < -0.39 is 11.6 Å². The first-order valence-electron chi connectivity index (χ1n) is 8.78. The Morgan fingerprint density at radius 2 is 1.71 bits per heavy atom. The van der Waals surface area contributed by atoms with Crippen LogP contribution in [0.3, 0.4) is 0 Å². The van der Waals surface area contributed by atoms with Gasteiger partial charge in [0.1, 0.15) is 11.5 Å². The Bertz CT molecular complexity index is 958. The van der Waals surface area contributed by atoms with Crippen LogP contribution in [0, 0.1) is 11.6 Å². The van der Waals surface area contributed by atoms with E-state index in [0.29, 0.717) is 24.5 Å². The van der Waals surface area contributed by atoms with Gasteiger partial charge in [-0.3, -0.25) is 0 Å². The SMILES string of the molecule is CCOC(=O)c1ccc(NCc2ccccc2Oc2ccc(F)c(F)c2)cc1. The van der Waals surface area contributed by atoms with Crippen LogP contribution < -0.4 is 10.1 Å². The first kappa shape index (κ1) is 19.4. The summed E-state index contributed by atoms with van der Waals surface area (Å²) in [5.74, 6) is -1.50. The topological polar surface area (TPSA) is 47.6 Å². The number of carbonyl (C=O) groups excluding carboxylic acids is 1. The van der Waals surface area contributed by atoms with Crippen LogP contribution in [-0.2, 0) is 11.3 Å². The van der Waals surface area contributed by atoms with Gasteiger partial charge in [-0.1, -0.05) is 18.2 Å². The van der Waals surface area contributed by atoms with Crippen molar-refractivity contribution >= 4 is 11.7 Å². The predicted molar refractivity (Wildman–Crippen MR) is 103 cm³/mol. The molecule has 0 spiro atoms. The predicted octanol–water partition coefficient (Wildman–Crippen LogP) is 5.55. The lowest BCUT2D eigenvalue weighted by atomic mass is 10.1. The van der Waals surface area contributed by atoms with E-state index in [2.05, 4.69) is 5.32 Å². The van der Waals surface area contributed by atoms with E-state index in [9.17, 15) is 13.6 Å². The minimum atomic E-state index is -0.963. The Kier molecular flexibility index (Phi) is 6.22. The maximum atomic E-state index is 13.4. The van der Waals surface area contributed by atoms with Crippen LogP contribution in [0.15, 0.2) is 66.7 Å². The second kappa shape index (κ2) is 8.99. The molecule has 0 atom stereocenters. The maximum Gasteiger partial charge on any atom is 0.338 e. The van der Waals surface area contributed by atoms with Gasteiger partial charge >= 0.3 is 5.97 Å². The number of para-hydroxylation sites is 1. The number of anilines is 1. The van der Waals surface area contributed by atoms with Crippen LogP contribution >= 0.6 is 0 Å². The van der Waals surface area contributed by atoms with E-state index in [1.54, 1.807) is 43.3 Å². The average molecular weight is 383 g/mol. The lowest BCUT2D eigenvalue weighted by Crippen LogP contribution is -2.05. The number of halogens is 2. The molecular weight excluding hydrogens is 364 g/mol. The standard InChI is InChI=1S/C22H19F2NO3/c1-2-27-22(26)15-7-9-17(10-8-15)25-14-16-5-3-4-6-21(16)28-18-11-12-19(23)20(24)13-18/h3-13,25H,2,14H2,1H3. The first-order valence-corrected chi connectivity index (χ1v) is 8.78. The molecule has 0 aliphatic carbocycles. The normalized spacial score (nSPS) is 10.4. The monoisotopic (exact) mass is 383 g/mol. The zero-order chi connectivity index (χ0) is 19.9. The molecule has 3 rings (SSSR count). The van der Waals surface area contributed by atoms with Gasteiger partial charge in [0.15, 0.2) is 11.6 Å². The van der Waals surface area contributed by atoms with Crippen LogP contribution in [-0.4, -0.2) is 12.6 Å².